The van der Waals surface area contributed by atoms with E-state index in [0.29, 0.717) is 11.1 Å². The monoisotopic (exact) mass is 216 g/mol. The van der Waals surface area contributed by atoms with Crippen LogP contribution in [0.4, 0.5) is 0 Å². The molecule has 1 atom stereocenters. The quantitative estimate of drug-likeness (QED) is 0.363. The van der Waals surface area contributed by atoms with Crippen molar-refractivity contribution in [1.29, 1.82) is 0 Å². The molecule has 0 N–H and O–H groups in total. The molecule has 0 amide bonds. The zero-order chi connectivity index (χ0) is 9.42. The fourth-order valence-electron chi connectivity index (χ4n) is 1.32. The molecule has 1 aliphatic heterocycles. The molecule has 1 aliphatic rings. The molecule has 1 aromatic rings. The summed E-state index contributed by atoms with van der Waals surface area (Å²) in [5, 5.41) is 10.5. The number of rotatable bonds is 1. The summed E-state index contributed by atoms with van der Waals surface area (Å²) in [5.41, 5.74) is 0.671. The Morgan fingerprint density at radius 2 is 2.00 bits per heavy atom. The van der Waals surface area contributed by atoms with Gasteiger partial charge in [-0.1, -0.05) is 18.2 Å². The molecular weight excluding hydrogens is 211 g/mol. The molecule has 0 saturated heterocycles. The third-order valence-corrected chi connectivity index (χ3v) is 1.90. The minimum atomic E-state index is -1.39. The number of esters is 1. The number of ether oxygens (including phenoxy) is 1. The smallest absolute Gasteiger partial charge is 0.546 e. The van der Waals surface area contributed by atoms with E-state index in [1.807, 2.05) is 0 Å². The second kappa shape index (κ2) is 4.54. The molecule has 0 spiro atoms. The Morgan fingerprint density at radius 3 is 2.64 bits per heavy atom. The van der Waals surface area contributed by atoms with E-state index in [0.717, 1.165) is 0 Å². The fourth-order valence-corrected chi connectivity index (χ4v) is 1.32. The van der Waals surface area contributed by atoms with Gasteiger partial charge in [0.2, 0.25) is 0 Å². The summed E-state index contributed by atoms with van der Waals surface area (Å²) < 4.78 is 4.59. The second-order valence-corrected chi connectivity index (χ2v) is 2.69. The molecule has 5 heteroatoms. The third-order valence-electron chi connectivity index (χ3n) is 1.90. The first kappa shape index (κ1) is 11.9. The number of carboxylic acid groups (broad SMARTS) is 1. The van der Waals surface area contributed by atoms with Gasteiger partial charge in [0.05, 0.1) is 11.5 Å². The van der Waals surface area contributed by atoms with E-state index >= 15 is 0 Å². The van der Waals surface area contributed by atoms with Crippen molar-refractivity contribution >= 4 is 11.9 Å². The van der Waals surface area contributed by atoms with Crippen LogP contribution in [0, 0.1) is 0 Å². The molecule has 0 aromatic heterocycles. The van der Waals surface area contributed by atoms with Crippen LogP contribution in [-0.2, 0) is 9.53 Å². The van der Waals surface area contributed by atoms with Crippen LogP contribution in [0.3, 0.4) is 0 Å². The molecule has 0 radical (unpaired) electrons. The van der Waals surface area contributed by atoms with E-state index in [1.165, 1.54) is 6.07 Å². The summed E-state index contributed by atoms with van der Waals surface area (Å²) in [4.78, 5) is 21.6. The van der Waals surface area contributed by atoms with Crippen molar-refractivity contribution in [3.8, 4) is 0 Å². The number of benzene rings is 1. The number of hydrogen-bond acceptors (Lipinski definition) is 4. The largest absolute Gasteiger partial charge is 1.00 e. The molecule has 1 unspecified atom stereocenters. The Morgan fingerprint density at radius 1 is 1.36 bits per heavy atom. The first-order valence-electron chi connectivity index (χ1n) is 3.71. The Bertz CT molecular complexity index is 388. The fraction of sp³-hybridized carbons (Fsp3) is 0.111. The van der Waals surface area contributed by atoms with Crippen LogP contribution in [0.2, 0.25) is 0 Å². The molecule has 1 aromatic carbocycles. The summed E-state index contributed by atoms with van der Waals surface area (Å²) >= 11 is 0. The summed E-state index contributed by atoms with van der Waals surface area (Å²) in [5.74, 6) is -2.00. The van der Waals surface area contributed by atoms with Crippen LogP contribution in [0.5, 0.6) is 0 Å². The Balaban J connectivity index is 0.000000980. The average Bonchev–Trinajstić information content (AvgIpc) is 2.45. The maximum Gasteiger partial charge on any atom is 1.00 e. The van der Waals surface area contributed by atoms with Gasteiger partial charge >= 0.3 is 57.4 Å². The van der Waals surface area contributed by atoms with Gasteiger partial charge in [-0.3, -0.25) is 0 Å². The Kier molecular flexibility index (Phi) is 3.85. The summed E-state index contributed by atoms with van der Waals surface area (Å²) in [6.45, 7) is 0. The number of aliphatic carboxylic acids is 1. The first-order valence-corrected chi connectivity index (χ1v) is 3.71. The van der Waals surface area contributed by atoms with Crippen molar-refractivity contribution < 1.29 is 70.8 Å². The molecule has 66 valence electrons. The van der Waals surface area contributed by atoms with E-state index in [1.54, 1.807) is 18.2 Å². The van der Waals surface area contributed by atoms with Gasteiger partial charge in [-0.2, -0.15) is 0 Å². The first-order chi connectivity index (χ1) is 6.20. The van der Waals surface area contributed by atoms with Gasteiger partial charge in [0.15, 0.2) is 6.10 Å². The summed E-state index contributed by atoms with van der Waals surface area (Å²) in [6, 6.07) is 6.37. The number of carbonyl (C=O) groups excluding carboxylic acids is 2. The summed E-state index contributed by atoms with van der Waals surface area (Å²) in [6.07, 6.45) is -1.25. The predicted octanol–water partition coefficient (Wildman–Crippen LogP) is -3.35. The zero-order valence-corrected chi connectivity index (χ0v) is 10.6. The topological polar surface area (TPSA) is 66.4 Å². The van der Waals surface area contributed by atoms with Gasteiger partial charge in [0, 0.05) is 5.56 Å². The SMILES string of the molecule is O=C1OC(C(=O)[O-])c2ccccc21.[K+]. The van der Waals surface area contributed by atoms with E-state index in [-0.39, 0.29) is 51.4 Å². The number of carboxylic acids is 1. The molecule has 14 heavy (non-hydrogen) atoms. The van der Waals surface area contributed by atoms with E-state index in [4.69, 9.17) is 0 Å². The molecule has 2 rings (SSSR count). The third kappa shape index (κ3) is 1.91. The molecule has 0 saturated carbocycles. The van der Waals surface area contributed by atoms with Crippen LogP contribution in [0.1, 0.15) is 22.0 Å². The number of fused-ring (bicyclic) bond motifs is 1. The Labute approximate surface area is 123 Å². The van der Waals surface area contributed by atoms with Gasteiger partial charge in [-0.25, -0.2) is 4.79 Å². The summed E-state index contributed by atoms with van der Waals surface area (Å²) in [7, 11) is 0. The maximum absolute atomic E-state index is 11.1. The van der Waals surface area contributed by atoms with Crippen molar-refractivity contribution in [2.45, 2.75) is 6.10 Å². The number of hydrogen-bond donors (Lipinski definition) is 0. The number of cyclic esters (lactones) is 1. The average molecular weight is 216 g/mol. The second-order valence-electron chi connectivity index (χ2n) is 2.69. The van der Waals surface area contributed by atoms with Gasteiger partial charge in [0.1, 0.15) is 0 Å². The molecular formula is C9H5KO4. The molecule has 0 fully saturated rings. The van der Waals surface area contributed by atoms with Crippen molar-refractivity contribution in [2.24, 2.45) is 0 Å². The normalized spacial score (nSPS) is 18.0. The zero-order valence-electron chi connectivity index (χ0n) is 7.52. The van der Waals surface area contributed by atoms with Gasteiger partial charge in [-0.05, 0) is 6.07 Å². The van der Waals surface area contributed by atoms with Crippen LogP contribution < -0.4 is 56.5 Å². The molecule has 0 bridgehead atoms. The minimum absolute atomic E-state index is 0. The van der Waals surface area contributed by atoms with Gasteiger partial charge < -0.3 is 14.6 Å². The van der Waals surface area contributed by atoms with E-state index < -0.39 is 18.0 Å². The Hall–Kier alpha value is -0.204. The van der Waals surface area contributed by atoms with Crippen LogP contribution >= 0.6 is 0 Å². The van der Waals surface area contributed by atoms with Crippen molar-refractivity contribution in [3.05, 3.63) is 35.4 Å². The van der Waals surface area contributed by atoms with Crippen molar-refractivity contribution in [1.82, 2.24) is 0 Å². The van der Waals surface area contributed by atoms with Crippen LogP contribution in [-0.4, -0.2) is 11.9 Å². The van der Waals surface area contributed by atoms with Gasteiger partial charge in [-0.15, -0.1) is 0 Å². The number of carbonyl (C=O) groups is 2. The van der Waals surface area contributed by atoms with Crippen LogP contribution in [0.15, 0.2) is 24.3 Å². The standard InChI is InChI=1S/C9H6O4.K/c10-8(11)7-5-3-1-2-4-6(5)9(12)13-7;/h1-4,7H,(H,10,11);/q;+1/p-1. The van der Waals surface area contributed by atoms with E-state index in [2.05, 4.69) is 4.74 Å². The minimum Gasteiger partial charge on any atom is -0.546 e. The molecule has 4 nitrogen and oxygen atoms in total. The molecule has 1 heterocycles. The van der Waals surface area contributed by atoms with E-state index in [9.17, 15) is 14.7 Å². The molecule has 0 aliphatic carbocycles. The predicted molar refractivity (Wildman–Crippen MR) is 39.6 cm³/mol. The van der Waals surface area contributed by atoms with Crippen LogP contribution in [0.25, 0.3) is 0 Å². The maximum atomic E-state index is 11.1. The van der Waals surface area contributed by atoms with Crippen molar-refractivity contribution in [2.75, 3.05) is 0 Å². The van der Waals surface area contributed by atoms with Crippen molar-refractivity contribution in [3.63, 3.8) is 0 Å². The van der Waals surface area contributed by atoms with Gasteiger partial charge in [0.25, 0.3) is 0 Å².